The second-order valence-corrected chi connectivity index (χ2v) is 5.76. The van der Waals surface area contributed by atoms with Crippen LogP contribution in [0.3, 0.4) is 0 Å². The van der Waals surface area contributed by atoms with Crippen molar-refractivity contribution in [1.29, 1.82) is 5.26 Å². The first-order chi connectivity index (χ1) is 9.29. The van der Waals surface area contributed by atoms with Gasteiger partial charge >= 0.3 is 0 Å². The molecule has 1 aliphatic rings. The van der Waals surface area contributed by atoms with Crippen molar-refractivity contribution in [2.45, 2.75) is 31.7 Å². The summed E-state index contributed by atoms with van der Waals surface area (Å²) in [5.74, 6) is 0. The van der Waals surface area contributed by atoms with Crippen LogP contribution in [-0.2, 0) is 6.42 Å². The number of imidazole rings is 1. The first kappa shape index (κ1) is 12.4. The van der Waals surface area contributed by atoms with E-state index in [1.807, 2.05) is 24.7 Å². The smallest absolute Gasteiger partial charge is 0.0992 e. The first-order valence-electron chi connectivity index (χ1n) is 6.50. The third kappa shape index (κ3) is 2.31. The number of nitriles is 1. The van der Waals surface area contributed by atoms with Gasteiger partial charge in [0.2, 0.25) is 0 Å². The molecule has 1 aliphatic heterocycles. The molecule has 0 spiro atoms. The minimum atomic E-state index is 0.321. The summed E-state index contributed by atoms with van der Waals surface area (Å²) in [6, 6.07) is 8.34. The molecule has 0 radical (unpaired) electrons. The van der Waals surface area contributed by atoms with Crippen LogP contribution in [0.5, 0.6) is 0 Å². The van der Waals surface area contributed by atoms with Gasteiger partial charge in [-0.3, -0.25) is 0 Å². The molecule has 96 valence electrons. The number of hydrogen-bond acceptors (Lipinski definition) is 2. The van der Waals surface area contributed by atoms with E-state index in [9.17, 15) is 0 Å². The summed E-state index contributed by atoms with van der Waals surface area (Å²) in [5.41, 5.74) is 3.23. The maximum Gasteiger partial charge on any atom is 0.0992 e. The molecule has 0 saturated carbocycles. The number of hydrogen-bond donors (Lipinski definition) is 0. The highest BCUT2D eigenvalue weighted by Crippen LogP contribution is 2.34. The molecule has 3 nitrogen and oxygen atoms in total. The highest BCUT2D eigenvalue weighted by atomic mass is 79.9. The van der Waals surface area contributed by atoms with Crippen molar-refractivity contribution in [1.82, 2.24) is 9.55 Å². The first-order valence-corrected chi connectivity index (χ1v) is 7.29. The molecule has 3 rings (SSSR count). The number of halogens is 1. The van der Waals surface area contributed by atoms with Crippen molar-refractivity contribution in [3.63, 3.8) is 0 Å². The van der Waals surface area contributed by atoms with E-state index in [2.05, 4.69) is 37.6 Å². The summed E-state index contributed by atoms with van der Waals surface area (Å²) >= 11 is 3.60. The Morgan fingerprint density at radius 2 is 2.26 bits per heavy atom. The van der Waals surface area contributed by atoms with Crippen LogP contribution in [0.25, 0.3) is 0 Å². The predicted molar refractivity (Wildman–Crippen MR) is 76.8 cm³/mol. The molecule has 0 amide bonds. The third-order valence-corrected chi connectivity index (χ3v) is 4.42. The van der Waals surface area contributed by atoms with Gasteiger partial charge in [0.05, 0.1) is 24.0 Å². The van der Waals surface area contributed by atoms with Gasteiger partial charge in [0.15, 0.2) is 0 Å². The van der Waals surface area contributed by atoms with E-state index >= 15 is 0 Å². The number of aryl methyl sites for hydroxylation is 1. The van der Waals surface area contributed by atoms with Crippen molar-refractivity contribution < 1.29 is 0 Å². The quantitative estimate of drug-likeness (QED) is 0.802. The average Bonchev–Trinajstić information content (AvgIpc) is 2.80. The molecule has 19 heavy (non-hydrogen) atoms. The Kier molecular flexibility index (Phi) is 3.39. The fourth-order valence-electron chi connectivity index (χ4n) is 2.76. The Morgan fingerprint density at radius 3 is 3.05 bits per heavy atom. The fraction of sp³-hybridized carbons (Fsp3) is 0.333. The topological polar surface area (TPSA) is 41.6 Å². The Morgan fingerprint density at radius 1 is 1.37 bits per heavy atom. The molecule has 1 atom stereocenters. The van der Waals surface area contributed by atoms with Crippen LogP contribution in [0.2, 0.25) is 0 Å². The van der Waals surface area contributed by atoms with E-state index in [-0.39, 0.29) is 0 Å². The number of benzene rings is 1. The van der Waals surface area contributed by atoms with Crippen LogP contribution < -0.4 is 0 Å². The van der Waals surface area contributed by atoms with Crippen LogP contribution in [-0.4, -0.2) is 9.55 Å². The Labute approximate surface area is 121 Å². The van der Waals surface area contributed by atoms with Gasteiger partial charge in [-0.2, -0.15) is 5.26 Å². The van der Waals surface area contributed by atoms with Crippen LogP contribution in [0.1, 0.15) is 42.1 Å². The van der Waals surface area contributed by atoms with Gasteiger partial charge in [0.1, 0.15) is 0 Å². The molecule has 0 fully saturated rings. The lowest BCUT2D eigenvalue weighted by Crippen LogP contribution is -2.11. The predicted octanol–water partition coefficient (Wildman–Crippen LogP) is 3.83. The van der Waals surface area contributed by atoms with Crippen LogP contribution >= 0.6 is 15.9 Å². The van der Waals surface area contributed by atoms with Gasteiger partial charge in [-0.05, 0) is 37.0 Å². The zero-order chi connectivity index (χ0) is 13.2. The molecule has 1 unspecified atom stereocenters. The lowest BCUT2D eigenvalue weighted by molar-refractivity contribution is 0.534. The highest BCUT2D eigenvalue weighted by molar-refractivity contribution is 9.10. The van der Waals surface area contributed by atoms with Gasteiger partial charge in [0, 0.05) is 16.4 Å². The van der Waals surface area contributed by atoms with Crippen molar-refractivity contribution in [3.05, 3.63) is 52.0 Å². The van der Waals surface area contributed by atoms with Crippen LogP contribution in [0, 0.1) is 11.3 Å². The van der Waals surface area contributed by atoms with E-state index < -0.39 is 0 Å². The summed E-state index contributed by atoms with van der Waals surface area (Å²) in [7, 11) is 0. The Bertz CT molecular complexity index is 639. The van der Waals surface area contributed by atoms with Crippen LogP contribution in [0.4, 0.5) is 0 Å². The summed E-state index contributed by atoms with van der Waals surface area (Å²) in [5, 5.41) is 8.95. The molecular weight excluding hydrogens is 302 g/mol. The summed E-state index contributed by atoms with van der Waals surface area (Å²) in [6.45, 7) is 0. The fourth-order valence-corrected chi connectivity index (χ4v) is 3.40. The zero-order valence-electron chi connectivity index (χ0n) is 10.5. The normalized spacial score (nSPS) is 18.4. The van der Waals surface area contributed by atoms with Crippen LogP contribution in [0.15, 0.2) is 35.2 Å². The zero-order valence-corrected chi connectivity index (χ0v) is 12.1. The number of aromatic nitrogens is 2. The molecule has 1 aromatic carbocycles. The third-order valence-electron chi connectivity index (χ3n) is 3.73. The van der Waals surface area contributed by atoms with E-state index in [1.165, 1.54) is 24.1 Å². The maximum absolute atomic E-state index is 8.95. The number of nitrogens with zero attached hydrogens (tertiary/aromatic N) is 3. The minimum absolute atomic E-state index is 0.321. The lowest BCUT2D eigenvalue weighted by atomic mass is 10.0. The highest BCUT2D eigenvalue weighted by Gasteiger charge is 2.21. The van der Waals surface area contributed by atoms with Crippen molar-refractivity contribution >= 4 is 15.9 Å². The lowest BCUT2D eigenvalue weighted by Gasteiger charge is -2.20. The van der Waals surface area contributed by atoms with Crippen molar-refractivity contribution in [2.75, 3.05) is 0 Å². The summed E-state index contributed by atoms with van der Waals surface area (Å²) < 4.78 is 3.29. The monoisotopic (exact) mass is 315 g/mol. The molecule has 2 heterocycles. The molecule has 0 N–H and O–H groups in total. The summed E-state index contributed by atoms with van der Waals surface area (Å²) in [4.78, 5) is 4.28. The van der Waals surface area contributed by atoms with Gasteiger partial charge in [-0.25, -0.2) is 4.98 Å². The van der Waals surface area contributed by atoms with Gasteiger partial charge in [-0.1, -0.05) is 28.4 Å². The molecule has 0 saturated heterocycles. The maximum atomic E-state index is 8.95. The average molecular weight is 316 g/mol. The molecular formula is C15H14BrN3. The minimum Gasteiger partial charge on any atom is -0.327 e. The van der Waals surface area contributed by atoms with E-state index in [0.717, 1.165) is 17.3 Å². The molecule has 0 bridgehead atoms. The van der Waals surface area contributed by atoms with Gasteiger partial charge in [-0.15, -0.1) is 0 Å². The molecule has 2 aromatic rings. The Hall–Kier alpha value is -1.60. The molecule has 1 aromatic heterocycles. The largest absolute Gasteiger partial charge is 0.327 e. The van der Waals surface area contributed by atoms with E-state index in [4.69, 9.17) is 5.26 Å². The molecule has 0 aliphatic carbocycles. The number of fused-ring (bicyclic) bond motifs is 1. The Balaban J connectivity index is 2.05. The second kappa shape index (κ2) is 5.18. The van der Waals surface area contributed by atoms with Crippen molar-refractivity contribution in [2.24, 2.45) is 0 Å². The SMILES string of the molecule is N#Cc1ccc(C2CCCCc3cncn32)c(Br)c1. The van der Waals surface area contributed by atoms with E-state index in [0.29, 0.717) is 11.6 Å². The van der Waals surface area contributed by atoms with E-state index in [1.54, 1.807) is 0 Å². The molecule has 4 heteroatoms. The summed E-state index contributed by atoms with van der Waals surface area (Å²) in [6.07, 6.45) is 8.55. The standard InChI is InChI=1S/C15H14BrN3/c16-14-7-11(8-17)5-6-13(14)15-4-2-1-3-12-9-18-10-19(12)15/h5-7,9-10,15H,1-4H2. The second-order valence-electron chi connectivity index (χ2n) is 4.90. The van der Waals surface area contributed by atoms with Crippen molar-refractivity contribution in [3.8, 4) is 6.07 Å². The van der Waals surface area contributed by atoms with Gasteiger partial charge < -0.3 is 4.57 Å². The van der Waals surface area contributed by atoms with Gasteiger partial charge in [0.25, 0.3) is 0 Å². The number of rotatable bonds is 1.